The summed E-state index contributed by atoms with van der Waals surface area (Å²) in [5, 5.41) is 2.80. The Kier molecular flexibility index (Phi) is 5.64. The van der Waals surface area contributed by atoms with Crippen molar-refractivity contribution in [2.75, 3.05) is 31.3 Å². The number of anilines is 1. The predicted molar refractivity (Wildman–Crippen MR) is 69.3 cm³/mol. The first-order valence-corrected chi connectivity index (χ1v) is 7.25. The number of carbonyl (C=O) groups is 1. The molecule has 0 radical (unpaired) electrons. The summed E-state index contributed by atoms with van der Waals surface area (Å²) >= 11 is 0. The number of aromatic nitrogens is 2. The third-order valence-corrected chi connectivity index (χ3v) is 3.56. The second kappa shape index (κ2) is 7.00. The van der Waals surface area contributed by atoms with Crippen LogP contribution in [0.15, 0.2) is 12.4 Å². The van der Waals surface area contributed by atoms with Crippen LogP contribution in [0.3, 0.4) is 0 Å². The maximum atomic E-state index is 11.4. The molecular formula is C10H16N4O4S. The monoisotopic (exact) mass is 288 g/mol. The van der Waals surface area contributed by atoms with E-state index < -0.39 is 16.0 Å². The molecule has 0 atom stereocenters. The van der Waals surface area contributed by atoms with Crippen molar-refractivity contribution in [3.8, 4) is 0 Å². The topological polar surface area (TPSA) is 110 Å². The zero-order chi connectivity index (χ0) is 14.3. The van der Waals surface area contributed by atoms with Crippen LogP contribution in [-0.4, -0.2) is 50.3 Å². The van der Waals surface area contributed by atoms with Crippen LogP contribution < -0.4 is 10.0 Å². The third kappa shape index (κ3) is 5.18. The van der Waals surface area contributed by atoms with Crippen molar-refractivity contribution in [3.63, 3.8) is 0 Å². The molecule has 1 aromatic heterocycles. The fraction of sp³-hybridized carbons (Fsp3) is 0.500. The molecule has 0 fully saturated rings. The second-order valence-corrected chi connectivity index (χ2v) is 5.45. The van der Waals surface area contributed by atoms with E-state index >= 15 is 0 Å². The number of nitrogens with zero attached hydrogens (tertiary/aromatic N) is 2. The van der Waals surface area contributed by atoms with Gasteiger partial charge in [-0.25, -0.2) is 27.9 Å². The first-order chi connectivity index (χ1) is 8.98. The van der Waals surface area contributed by atoms with E-state index in [4.69, 9.17) is 0 Å². The van der Waals surface area contributed by atoms with Gasteiger partial charge in [-0.2, -0.15) is 0 Å². The fourth-order valence-electron chi connectivity index (χ4n) is 1.23. The maximum Gasteiger partial charge on any atom is 0.358 e. The van der Waals surface area contributed by atoms with Crippen molar-refractivity contribution in [2.45, 2.75) is 6.92 Å². The Bertz CT molecular complexity index is 515. The van der Waals surface area contributed by atoms with Gasteiger partial charge in [0.05, 0.1) is 25.3 Å². The van der Waals surface area contributed by atoms with Crippen molar-refractivity contribution in [1.29, 1.82) is 0 Å². The fourth-order valence-corrected chi connectivity index (χ4v) is 2.19. The summed E-state index contributed by atoms with van der Waals surface area (Å²) in [4.78, 5) is 18.9. The molecule has 0 amide bonds. The number of carbonyl (C=O) groups excluding carboxylic acids is 1. The van der Waals surface area contributed by atoms with E-state index in [-0.39, 0.29) is 18.0 Å². The number of hydrogen-bond acceptors (Lipinski definition) is 7. The molecule has 0 unspecified atom stereocenters. The van der Waals surface area contributed by atoms with Crippen molar-refractivity contribution in [1.82, 2.24) is 14.7 Å². The molecule has 1 aromatic rings. The van der Waals surface area contributed by atoms with Crippen molar-refractivity contribution < 1.29 is 17.9 Å². The van der Waals surface area contributed by atoms with Gasteiger partial charge in [-0.1, -0.05) is 6.92 Å². The molecular weight excluding hydrogens is 272 g/mol. The number of hydrogen-bond donors (Lipinski definition) is 2. The van der Waals surface area contributed by atoms with Crippen LogP contribution in [0.2, 0.25) is 0 Å². The summed E-state index contributed by atoms with van der Waals surface area (Å²) in [6.45, 7) is 2.26. The minimum absolute atomic E-state index is 0.0682. The Morgan fingerprint density at radius 1 is 1.37 bits per heavy atom. The van der Waals surface area contributed by atoms with Gasteiger partial charge < -0.3 is 10.1 Å². The zero-order valence-corrected chi connectivity index (χ0v) is 11.5. The van der Waals surface area contributed by atoms with E-state index in [2.05, 4.69) is 24.7 Å². The molecule has 1 heterocycles. The van der Waals surface area contributed by atoms with Crippen molar-refractivity contribution in [2.24, 2.45) is 0 Å². The summed E-state index contributed by atoms with van der Waals surface area (Å²) < 4.78 is 29.6. The van der Waals surface area contributed by atoms with Crippen molar-refractivity contribution in [3.05, 3.63) is 18.1 Å². The molecule has 0 bridgehead atoms. The highest BCUT2D eigenvalue weighted by Gasteiger charge is 2.09. The van der Waals surface area contributed by atoms with Gasteiger partial charge in [0.2, 0.25) is 10.0 Å². The van der Waals surface area contributed by atoms with Crippen LogP contribution in [-0.2, 0) is 14.8 Å². The summed E-state index contributed by atoms with van der Waals surface area (Å²) in [6, 6.07) is 0. The molecule has 2 N–H and O–H groups in total. The quantitative estimate of drug-likeness (QED) is 0.658. The Morgan fingerprint density at radius 3 is 2.63 bits per heavy atom. The van der Waals surface area contributed by atoms with Crippen molar-refractivity contribution >= 4 is 21.8 Å². The lowest BCUT2D eigenvalue weighted by Gasteiger charge is -2.06. The zero-order valence-electron chi connectivity index (χ0n) is 10.7. The number of nitrogens with one attached hydrogen (secondary N) is 2. The van der Waals surface area contributed by atoms with E-state index in [1.165, 1.54) is 19.5 Å². The summed E-state index contributed by atoms with van der Waals surface area (Å²) in [5.74, 6) is -0.255. The Morgan fingerprint density at radius 2 is 2.11 bits per heavy atom. The van der Waals surface area contributed by atoms with Crippen LogP contribution in [0.1, 0.15) is 17.4 Å². The predicted octanol–water partition coefficient (Wildman–Crippen LogP) is -0.386. The van der Waals surface area contributed by atoms with Gasteiger partial charge in [0.15, 0.2) is 5.69 Å². The lowest BCUT2D eigenvalue weighted by Crippen LogP contribution is -2.29. The highest BCUT2D eigenvalue weighted by Crippen LogP contribution is 2.01. The Hall–Kier alpha value is -1.74. The van der Waals surface area contributed by atoms with E-state index in [0.29, 0.717) is 12.4 Å². The molecule has 19 heavy (non-hydrogen) atoms. The van der Waals surface area contributed by atoms with Gasteiger partial charge in [-0.15, -0.1) is 0 Å². The third-order valence-electron chi connectivity index (χ3n) is 2.09. The smallest absolute Gasteiger partial charge is 0.358 e. The first-order valence-electron chi connectivity index (χ1n) is 5.60. The van der Waals surface area contributed by atoms with Gasteiger partial charge in [0, 0.05) is 13.1 Å². The van der Waals surface area contributed by atoms with Gasteiger partial charge in [0.25, 0.3) is 0 Å². The lowest BCUT2D eigenvalue weighted by atomic mass is 10.4. The molecule has 1 rings (SSSR count). The number of sulfonamides is 1. The largest absolute Gasteiger partial charge is 0.464 e. The molecule has 0 saturated carbocycles. The molecule has 9 heteroatoms. The normalized spacial score (nSPS) is 11.1. The van der Waals surface area contributed by atoms with Crippen LogP contribution in [0, 0.1) is 0 Å². The highest BCUT2D eigenvalue weighted by atomic mass is 32.2. The average Bonchev–Trinajstić information content (AvgIpc) is 2.38. The number of esters is 1. The van der Waals surface area contributed by atoms with Crippen LogP contribution in [0.25, 0.3) is 0 Å². The molecule has 106 valence electrons. The molecule has 0 aliphatic heterocycles. The SMILES string of the molecule is CCNS(=O)(=O)CCNc1cnc(C(=O)OC)cn1. The Balaban J connectivity index is 2.49. The van der Waals surface area contributed by atoms with Crippen LogP contribution in [0.5, 0.6) is 0 Å². The molecule has 0 aromatic carbocycles. The van der Waals surface area contributed by atoms with E-state index in [1.807, 2.05) is 0 Å². The summed E-state index contributed by atoms with van der Waals surface area (Å²) in [6.07, 6.45) is 2.60. The second-order valence-electron chi connectivity index (χ2n) is 3.52. The average molecular weight is 288 g/mol. The van der Waals surface area contributed by atoms with E-state index in [9.17, 15) is 13.2 Å². The molecule has 0 aliphatic rings. The summed E-state index contributed by atoms with van der Waals surface area (Å²) in [7, 11) is -2.01. The maximum absolute atomic E-state index is 11.4. The molecule has 0 aliphatic carbocycles. The number of methoxy groups -OCH3 is 1. The molecule has 0 saturated heterocycles. The highest BCUT2D eigenvalue weighted by molar-refractivity contribution is 7.89. The standard InChI is InChI=1S/C10H16N4O4S/c1-3-14-19(16,17)5-4-11-9-7-12-8(6-13-9)10(15)18-2/h6-7,14H,3-5H2,1-2H3,(H,11,13). The van der Waals surface area contributed by atoms with Gasteiger partial charge in [-0.05, 0) is 0 Å². The lowest BCUT2D eigenvalue weighted by molar-refractivity contribution is 0.0593. The van der Waals surface area contributed by atoms with E-state index in [1.54, 1.807) is 6.92 Å². The minimum atomic E-state index is -3.26. The molecule has 0 spiro atoms. The van der Waals surface area contributed by atoms with Gasteiger partial charge in [0.1, 0.15) is 5.82 Å². The number of rotatable bonds is 7. The van der Waals surface area contributed by atoms with Gasteiger partial charge in [-0.3, -0.25) is 0 Å². The van der Waals surface area contributed by atoms with Crippen LogP contribution in [0.4, 0.5) is 5.82 Å². The number of ether oxygens (including phenoxy) is 1. The minimum Gasteiger partial charge on any atom is -0.464 e. The van der Waals surface area contributed by atoms with Crippen LogP contribution >= 0.6 is 0 Å². The first kappa shape index (κ1) is 15.3. The van der Waals surface area contributed by atoms with Gasteiger partial charge >= 0.3 is 5.97 Å². The molecule has 8 nitrogen and oxygen atoms in total. The van der Waals surface area contributed by atoms with E-state index in [0.717, 1.165) is 0 Å². The Labute approximate surface area is 111 Å². The summed E-state index contributed by atoms with van der Waals surface area (Å²) in [5.41, 5.74) is 0.0910.